The number of hydrogen-bond acceptors (Lipinski definition) is 2. The smallest absolute Gasteiger partial charge is 0.241 e. The number of halogens is 1. The molecule has 0 unspecified atom stereocenters. The second-order valence-electron chi connectivity index (χ2n) is 4.47. The quantitative estimate of drug-likeness (QED) is 0.624. The zero-order valence-corrected chi connectivity index (χ0v) is 12.1. The standard InChI is InChI=1S/C14H21FN4O/c1-4-16-14(18-10-13(20)19(2)3)17-9-11-6-5-7-12(15)8-11/h5-8H,4,9-10H2,1-3H3,(H2,16,17,18). The highest BCUT2D eigenvalue weighted by atomic mass is 19.1. The van der Waals surface area contributed by atoms with Gasteiger partial charge in [-0.2, -0.15) is 0 Å². The molecular weight excluding hydrogens is 259 g/mol. The Bertz CT molecular complexity index is 474. The van der Waals surface area contributed by atoms with Crippen LogP contribution in [0.15, 0.2) is 29.3 Å². The predicted molar refractivity (Wildman–Crippen MR) is 77.9 cm³/mol. The molecule has 0 aromatic heterocycles. The van der Waals surface area contributed by atoms with Gasteiger partial charge < -0.3 is 15.5 Å². The summed E-state index contributed by atoms with van der Waals surface area (Å²) in [4.78, 5) is 17.3. The van der Waals surface area contributed by atoms with Gasteiger partial charge in [-0.25, -0.2) is 9.38 Å². The van der Waals surface area contributed by atoms with Gasteiger partial charge in [-0.1, -0.05) is 12.1 Å². The van der Waals surface area contributed by atoms with Crippen molar-refractivity contribution in [3.8, 4) is 0 Å². The Kier molecular flexibility index (Phi) is 6.49. The summed E-state index contributed by atoms with van der Waals surface area (Å²) in [6.07, 6.45) is 0. The van der Waals surface area contributed by atoms with Crippen molar-refractivity contribution in [2.45, 2.75) is 13.5 Å². The number of carbonyl (C=O) groups excluding carboxylic acids is 1. The Morgan fingerprint density at radius 1 is 1.35 bits per heavy atom. The summed E-state index contributed by atoms with van der Waals surface area (Å²) in [5.74, 6) is 0.215. The minimum absolute atomic E-state index is 0.0404. The van der Waals surface area contributed by atoms with Crippen molar-refractivity contribution in [1.82, 2.24) is 15.5 Å². The minimum atomic E-state index is -0.279. The molecule has 1 aromatic carbocycles. The molecule has 0 bridgehead atoms. The third kappa shape index (κ3) is 5.69. The summed E-state index contributed by atoms with van der Waals surface area (Å²) in [5, 5.41) is 5.98. The molecule has 0 radical (unpaired) electrons. The van der Waals surface area contributed by atoms with E-state index >= 15 is 0 Å². The van der Waals surface area contributed by atoms with E-state index in [0.29, 0.717) is 19.0 Å². The molecule has 1 aromatic rings. The molecule has 0 fully saturated rings. The van der Waals surface area contributed by atoms with E-state index in [1.54, 1.807) is 26.2 Å². The summed E-state index contributed by atoms with van der Waals surface area (Å²) in [7, 11) is 3.39. The normalized spacial score (nSPS) is 11.1. The maximum atomic E-state index is 13.1. The van der Waals surface area contributed by atoms with Crippen LogP contribution in [-0.4, -0.2) is 44.0 Å². The summed E-state index contributed by atoms with van der Waals surface area (Å²) in [5.41, 5.74) is 0.779. The molecule has 0 atom stereocenters. The van der Waals surface area contributed by atoms with Gasteiger partial charge in [0, 0.05) is 20.6 Å². The Labute approximate surface area is 118 Å². The fraction of sp³-hybridized carbons (Fsp3) is 0.429. The van der Waals surface area contributed by atoms with Crippen LogP contribution in [0.25, 0.3) is 0 Å². The first-order chi connectivity index (χ1) is 9.52. The Hall–Kier alpha value is -2.11. The Balaban J connectivity index is 2.60. The van der Waals surface area contributed by atoms with Gasteiger partial charge in [0.1, 0.15) is 5.82 Å². The van der Waals surface area contributed by atoms with Crippen LogP contribution in [0.2, 0.25) is 0 Å². The van der Waals surface area contributed by atoms with Crippen molar-refractivity contribution in [2.75, 3.05) is 27.2 Å². The third-order valence-electron chi connectivity index (χ3n) is 2.56. The van der Waals surface area contributed by atoms with Crippen LogP contribution in [0.3, 0.4) is 0 Å². The largest absolute Gasteiger partial charge is 0.357 e. The molecule has 5 nitrogen and oxygen atoms in total. The van der Waals surface area contributed by atoms with Crippen LogP contribution in [0.4, 0.5) is 4.39 Å². The van der Waals surface area contributed by atoms with E-state index in [2.05, 4.69) is 15.6 Å². The molecule has 110 valence electrons. The average Bonchev–Trinajstić information content (AvgIpc) is 2.41. The number of rotatable bonds is 5. The van der Waals surface area contributed by atoms with Gasteiger partial charge in [-0.3, -0.25) is 4.79 Å². The highest BCUT2D eigenvalue weighted by molar-refractivity contribution is 5.86. The highest BCUT2D eigenvalue weighted by Crippen LogP contribution is 2.04. The van der Waals surface area contributed by atoms with Gasteiger partial charge in [0.05, 0.1) is 13.1 Å². The molecule has 2 N–H and O–H groups in total. The van der Waals surface area contributed by atoms with Crippen LogP contribution < -0.4 is 10.6 Å². The van der Waals surface area contributed by atoms with Gasteiger partial charge in [-0.15, -0.1) is 0 Å². The maximum absolute atomic E-state index is 13.1. The molecule has 0 spiro atoms. The molecule has 0 aliphatic heterocycles. The van der Waals surface area contributed by atoms with Gasteiger partial charge in [0.2, 0.25) is 5.91 Å². The number of hydrogen-bond donors (Lipinski definition) is 2. The lowest BCUT2D eigenvalue weighted by Crippen LogP contribution is -2.42. The number of nitrogens with zero attached hydrogens (tertiary/aromatic N) is 2. The summed E-state index contributed by atoms with van der Waals surface area (Å²) < 4.78 is 13.1. The molecule has 0 aliphatic carbocycles. The van der Waals surface area contributed by atoms with Crippen molar-refractivity contribution in [3.05, 3.63) is 35.6 Å². The summed E-state index contributed by atoms with van der Waals surface area (Å²) in [6.45, 7) is 3.14. The number of benzene rings is 1. The van der Waals surface area contributed by atoms with Crippen molar-refractivity contribution < 1.29 is 9.18 Å². The third-order valence-corrected chi connectivity index (χ3v) is 2.56. The van der Waals surface area contributed by atoms with E-state index in [1.807, 2.05) is 6.92 Å². The number of nitrogens with one attached hydrogen (secondary N) is 2. The second kappa shape index (κ2) is 8.14. The topological polar surface area (TPSA) is 56.7 Å². The first-order valence-electron chi connectivity index (χ1n) is 6.49. The van der Waals surface area contributed by atoms with Gasteiger partial charge in [0.25, 0.3) is 0 Å². The SMILES string of the molecule is CCNC(=NCc1cccc(F)c1)NCC(=O)N(C)C. The van der Waals surface area contributed by atoms with Crippen molar-refractivity contribution in [1.29, 1.82) is 0 Å². The van der Waals surface area contributed by atoms with E-state index in [-0.39, 0.29) is 18.3 Å². The van der Waals surface area contributed by atoms with Crippen molar-refractivity contribution in [3.63, 3.8) is 0 Å². The molecule has 20 heavy (non-hydrogen) atoms. The lowest BCUT2D eigenvalue weighted by atomic mass is 10.2. The van der Waals surface area contributed by atoms with Crippen molar-refractivity contribution >= 4 is 11.9 Å². The summed E-state index contributed by atoms with van der Waals surface area (Å²) in [6, 6.07) is 6.29. The fourth-order valence-electron chi connectivity index (χ4n) is 1.46. The van der Waals surface area contributed by atoms with E-state index in [1.165, 1.54) is 17.0 Å². The number of aliphatic imine (C=N–C) groups is 1. The lowest BCUT2D eigenvalue weighted by molar-refractivity contribution is -0.127. The second-order valence-corrected chi connectivity index (χ2v) is 4.47. The van der Waals surface area contributed by atoms with Gasteiger partial charge in [0.15, 0.2) is 5.96 Å². The highest BCUT2D eigenvalue weighted by Gasteiger charge is 2.05. The Morgan fingerprint density at radius 2 is 2.10 bits per heavy atom. The van der Waals surface area contributed by atoms with E-state index in [4.69, 9.17) is 0 Å². The molecule has 6 heteroatoms. The van der Waals surface area contributed by atoms with E-state index in [0.717, 1.165) is 5.56 Å². The first-order valence-corrected chi connectivity index (χ1v) is 6.49. The average molecular weight is 280 g/mol. The zero-order chi connectivity index (χ0) is 15.0. The van der Waals surface area contributed by atoms with Gasteiger partial charge in [-0.05, 0) is 24.6 Å². The molecule has 0 saturated heterocycles. The van der Waals surface area contributed by atoms with Crippen LogP contribution in [-0.2, 0) is 11.3 Å². The number of carbonyl (C=O) groups is 1. The summed E-state index contributed by atoms with van der Waals surface area (Å²) >= 11 is 0. The Morgan fingerprint density at radius 3 is 2.70 bits per heavy atom. The molecule has 0 heterocycles. The number of amides is 1. The van der Waals surface area contributed by atoms with Crippen LogP contribution in [0.5, 0.6) is 0 Å². The molecule has 1 rings (SSSR count). The maximum Gasteiger partial charge on any atom is 0.241 e. The lowest BCUT2D eigenvalue weighted by Gasteiger charge is -2.14. The molecule has 0 saturated carbocycles. The van der Waals surface area contributed by atoms with Crippen molar-refractivity contribution in [2.24, 2.45) is 4.99 Å². The molecule has 0 aliphatic rings. The molecular formula is C14H21FN4O. The fourth-order valence-corrected chi connectivity index (χ4v) is 1.46. The van der Waals surface area contributed by atoms with Crippen LogP contribution in [0.1, 0.15) is 12.5 Å². The van der Waals surface area contributed by atoms with E-state index in [9.17, 15) is 9.18 Å². The van der Waals surface area contributed by atoms with E-state index < -0.39 is 0 Å². The minimum Gasteiger partial charge on any atom is -0.357 e. The predicted octanol–water partition coefficient (Wildman–Crippen LogP) is 0.969. The van der Waals surface area contributed by atoms with Crippen LogP contribution in [0, 0.1) is 5.82 Å². The number of guanidine groups is 1. The molecule has 1 amide bonds. The van der Waals surface area contributed by atoms with Crippen LogP contribution >= 0.6 is 0 Å². The number of likely N-dealkylation sites (N-methyl/N-ethyl adjacent to an activating group) is 1. The monoisotopic (exact) mass is 280 g/mol. The first kappa shape index (κ1) is 15.9. The van der Waals surface area contributed by atoms with Gasteiger partial charge >= 0.3 is 0 Å². The zero-order valence-electron chi connectivity index (χ0n) is 12.1.